The van der Waals surface area contributed by atoms with Crippen molar-refractivity contribution in [1.82, 2.24) is 5.32 Å². The van der Waals surface area contributed by atoms with E-state index in [1.54, 1.807) is 18.7 Å². The normalized spacial score (nSPS) is 19.9. The van der Waals surface area contributed by atoms with E-state index in [1.165, 1.54) is 0 Å². The second kappa shape index (κ2) is 8.84. The Morgan fingerprint density at radius 2 is 2.15 bits per heavy atom. The number of carboxylic acids is 1. The fraction of sp³-hybridized carbons (Fsp3) is 0.769. The van der Waals surface area contributed by atoms with Crippen LogP contribution in [0.1, 0.15) is 39.0 Å². The summed E-state index contributed by atoms with van der Waals surface area (Å²) in [6, 6.07) is -1.03. The molecule has 6 nitrogen and oxygen atoms in total. The minimum Gasteiger partial charge on any atom is -0.480 e. The molecule has 2 N–H and O–H groups in total. The van der Waals surface area contributed by atoms with Crippen LogP contribution in [0, 0.1) is 0 Å². The van der Waals surface area contributed by atoms with E-state index < -0.39 is 18.0 Å². The van der Waals surface area contributed by atoms with Gasteiger partial charge in [-0.2, -0.15) is 0 Å². The van der Waals surface area contributed by atoms with E-state index in [9.17, 15) is 14.4 Å². The molecule has 1 unspecified atom stereocenters. The Hall–Kier alpha value is -1.24. The number of esters is 1. The van der Waals surface area contributed by atoms with Crippen LogP contribution in [0.3, 0.4) is 0 Å². The van der Waals surface area contributed by atoms with Gasteiger partial charge in [-0.25, -0.2) is 4.79 Å². The summed E-state index contributed by atoms with van der Waals surface area (Å²) >= 11 is 1.56. The highest BCUT2D eigenvalue weighted by atomic mass is 32.2. The maximum atomic E-state index is 12.0. The van der Waals surface area contributed by atoms with Gasteiger partial charge in [0.2, 0.25) is 5.91 Å². The first-order valence-electron chi connectivity index (χ1n) is 6.85. The van der Waals surface area contributed by atoms with Gasteiger partial charge in [0.1, 0.15) is 6.04 Å². The molecule has 0 aromatic heterocycles. The lowest BCUT2D eigenvalue weighted by molar-refractivity contribution is -0.145. The summed E-state index contributed by atoms with van der Waals surface area (Å²) in [6.07, 6.45) is 2.91. The molecule has 7 heteroatoms. The van der Waals surface area contributed by atoms with Crippen LogP contribution < -0.4 is 5.32 Å². The Morgan fingerprint density at radius 1 is 1.40 bits per heavy atom. The summed E-state index contributed by atoms with van der Waals surface area (Å²) in [7, 11) is 0. The molecule has 1 aliphatic heterocycles. The second-order valence-corrected chi connectivity index (χ2v) is 5.91. The zero-order valence-corrected chi connectivity index (χ0v) is 12.4. The quantitative estimate of drug-likeness (QED) is 0.686. The van der Waals surface area contributed by atoms with Crippen LogP contribution in [-0.4, -0.2) is 46.6 Å². The van der Waals surface area contributed by atoms with Gasteiger partial charge < -0.3 is 15.2 Å². The molecule has 1 amide bonds. The van der Waals surface area contributed by atoms with Gasteiger partial charge in [0.25, 0.3) is 0 Å². The number of ether oxygens (including phenoxy) is 1. The largest absolute Gasteiger partial charge is 0.480 e. The lowest BCUT2D eigenvalue weighted by Gasteiger charge is -2.22. The summed E-state index contributed by atoms with van der Waals surface area (Å²) in [5, 5.41) is 11.4. The predicted octanol–water partition coefficient (Wildman–Crippen LogP) is 1.18. The molecule has 1 rings (SSSR count). The Kier molecular flexibility index (Phi) is 7.43. The number of nitrogens with one attached hydrogen (secondary N) is 1. The van der Waals surface area contributed by atoms with Crippen LogP contribution in [0.5, 0.6) is 0 Å². The number of carbonyl (C=O) groups excluding carboxylic acids is 2. The van der Waals surface area contributed by atoms with Crippen molar-refractivity contribution in [3.05, 3.63) is 0 Å². The molecule has 0 saturated carbocycles. The van der Waals surface area contributed by atoms with Crippen molar-refractivity contribution in [2.45, 2.75) is 50.3 Å². The fourth-order valence-electron chi connectivity index (χ4n) is 1.96. The minimum absolute atomic E-state index is 0.0110. The maximum Gasteiger partial charge on any atom is 0.326 e. The number of hydrogen-bond acceptors (Lipinski definition) is 5. The van der Waals surface area contributed by atoms with Crippen molar-refractivity contribution in [3.8, 4) is 0 Å². The van der Waals surface area contributed by atoms with Crippen LogP contribution in [0.25, 0.3) is 0 Å². The number of thioether (sulfide) groups is 1. The van der Waals surface area contributed by atoms with E-state index in [0.29, 0.717) is 0 Å². The highest BCUT2D eigenvalue weighted by molar-refractivity contribution is 8.00. The van der Waals surface area contributed by atoms with Gasteiger partial charge in [-0.15, -0.1) is 11.8 Å². The molecule has 1 aliphatic rings. The number of carbonyl (C=O) groups is 3. The lowest BCUT2D eigenvalue weighted by atomic mass is 10.1. The topological polar surface area (TPSA) is 92.7 Å². The van der Waals surface area contributed by atoms with Crippen molar-refractivity contribution < 1.29 is 24.2 Å². The van der Waals surface area contributed by atoms with E-state index in [1.807, 2.05) is 0 Å². The van der Waals surface area contributed by atoms with E-state index in [2.05, 4.69) is 5.32 Å². The number of aliphatic carboxylic acids is 1. The zero-order chi connectivity index (χ0) is 15.0. The third kappa shape index (κ3) is 5.81. The average molecular weight is 303 g/mol. The van der Waals surface area contributed by atoms with Crippen LogP contribution >= 0.6 is 11.8 Å². The monoisotopic (exact) mass is 303 g/mol. The van der Waals surface area contributed by atoms with Crippen LogP contribution in [-0.2, 0) is 19.1 Å². The first kappa shape index (κ1) is 16.8. The molecule has 114 valence electrons. The Morgan fingerprint density at radius 3 is 2.70 bits per heavy atom. The summed E-state index contributed by atoms with van der Waals surface area (Å²) in [5.74, 6) is -0.881. The van der Waals surface area contributed by atoms with Crippen molar-refractivity contribution in [2.75, 3.05) is 12.4 Å². The number of amides is 1. The van der Waals surface area contributed by atoms with Crippen molar-refractivity contribution >= 4 is 29.6 Å². The number of carboxylic acid groups (broad SMARTS) is 1. The van der Waals surface area contributed by atoms with Gasteiger partial charge in [-0.1, -0.05) is 6.42 Å². The summed E-state index contributed by atoms with van der Waals surface area (Å²) in [6.45, 7) is 1.95. The summed E-state index contributed by atoms with van der Waals surface area (Å²) in [5.41, 5.74) is 0. The molecule has 0 aliphatic carbocycles. The van der Waals surface area contributed by atoms with Gasteiger partial charge >= 0.3 is 11.9 Å². The predicted molar refractivity (Wildman–Crippen MR) is 75.5 cm³/mol. The summed E-state index contributed by atoms with van der Waals surface area (Å²) in [4.78, 5) is 34.3. The van der Waals surface area contributed by atoms with Crippen LogP contribution in [0.2, 0.25) is 0 Å². The Balaban J connectivity index is 2.43. The molecule has 1 fully saturated rings. The van der Waals surface area contributed by atoms with E-state index in [0.717, 1.165) is 25.0 Å². The van der Waals surface area contributed by atoms with Crippen molar-refractivity contribution in [2.24, 2.45) is 0 Å². The highest BCUT2D eigenvalue weighted by Gasteiger charge is 2.27. The smallest absolute Gasteiger partial charge is 0.326 e. The van der Waals surface area contributed by atoms with Gasteiger partial charge in [0.15, 0.2) is 0 Å². The zero-order valence-electron chi connectivity index (χ0n) is 11.6. The molecule has 1 saturated heterocycles. The minimum atomic E-state index is -1.12. The Labute approximate surface area is 122 Å². The molecule has 1 heterocycles. The number of hydrogen-bond donors (Lipinski definition) is 2. The van der Waals surface area contributed by atoms with Gasteiger partial charge in [0.05, 0.1) is 11.9 Å². The van der Waals surface area contributed by atoms with Gasteiger partial charge in [-0.05, 0) is 31.9 Å². The first-order valence-corrected chi connectivity index (χ1v) is 7.90. The standard InChI is InChI=1S/C13H21NO5S/c1-2-19-11(15)7-6-9(13(17)18)14-12(16)10-5-3-4-8-20-10/h9-10H,2-8H2,1H3,(H,14,16)(H,17,18)/t9-,10?/m0/s1. The molecule has 0 aromatic rings. The maximum absolute atomic E-state index is 12.0. The number of rotatable bonds is 7. The molecule has 20 heavy (non-hydrogen) atoms. The van der Waals surface area contributed by atoms with Gasteiger partial charge in [0, 0.05) is 6.42 Å². The lowest BCUT2D eigenvalue weighted by Crippen LogP contribution is -2.45. The van der Waals surface area contributed by atoms with Crippen molar-refractivity contribution in [1.29, 1.82) is 0 Å². The van der Waals surface area contributed by atoms with E-state index in [-0.39, 0.29) is 30.6 Å². The molecule has 2 atom stereocenters. The molecular weight excluding hydrogens is 282 g/mol. The Bertz CT molecular complexity index is 355. The van der Waals surface area contributed by atoms with E-state index in [4.69, 9.17) is 9.84 Å². The van der Waals surface area contributed by atoms with Gasteiger partial charge in [-0.3, -0.25) is 9.59 Å². The molecular formula is C13H21NO5S. The highest BCUT2D eigenvalue weighted by Crippen LogP contribution is 2.25. The molecule has 0 radical (unpaired) electrons. The first-order chi connectivity index (χ1) is 9.54. The molecule has 0 bridgehead atoms. The van der Waals surface area contributed by atoms with E-state index >= 15 is 0 Å². The molecule has 0 aromatic carbocycles. The third-order valence-electron chi connectivity index (χ3n) is 3.03. The molecule has 0 spiro atoms. The summed E-state index contributed by atoms with van der Waals surface area (Å²) < 4.78 is 4.74. The SMILES string of the molecule is CCOC(=O)CC[C@H](NC(=O)C1CCCCS1)C(=O)O. The third-order valence-corrected chi connectivity index (χ3v) is 4.41. The average Bonchev–Trinajstić information content (AvgIpc) is 2.44. The van der Waals surface area contributed by atoms with Crippen LogP contribution in [0.15, 0.2) is 0 Å². The van der Waals surface area contributed by atoms with Crippen molar-refractivity contribution in [3.63, 3.8) is 0 Å². The van der Waals surface area contributed by atoms with Crippen LogP contribution in [0.4, 0.5) is 0 Å². The second-order valence-electron chi connectivity index (χ2n) is 4.60. The fourth-order valence-corrected chi connectivity index (χ4v) is 3.17.